The summed E-state index contributed by atoms with van der Waals surface area (Å²) >= 11 is 1.58. The van der Waals surface area contributed by atoms with E-state index < -0.39 is 0 Å². The number of rotatable bonds is 6. The van der Waals surface area contributed by atoms with Gasteiger partial charge in [-0.1, -0.05) is 6.07 Å². The van der Waals surface area contributed by atoms with Crippen molar-refractivity contribution in [1.29, 1.82) is 0 Å². The highest BCUT2D eigenvalue weighted by molar-refractivity contribution is 7.21. The van der Waals surface area contributed by atoms with Gasteiger partial charge in [-0.05, 0) is 73.4 Å². The van der Waals surface area contributed by atoms with Crippen LogP contribution in [0.25, 0.3) is 10.1 Å². The fraction of sp³-hybridized carbons (Fsp3) is 0.364. The van der Waals surface area contributed by atoms with E-state index in [1.165, 1.54) is 12.8 Å². The lowest BCUT2D eigenvalue weighted by Crippen LogP contribution is -2.32. The first kappa shape index (κ1) is 18.0. The molecule has 1 aliphatic carbocycles. The molecule has 0 atom stereocenters. The zero-order chi connectivity index (χ0) is 19.0. The predicted molar refractivity (Wildman–Crippen MR) is 110 cm³/mol. The number of amides is 1. The minimum Gasteiger partial charge on any atom is -0.497 e. The summed E-state index contributed by atoms with van der Waals surface area (Å²) in [5.41, 5.74) is 3.12. The largest absolute Gasteiger partial charge is 0.497 e. The molecule has 2 aromatic heterocycles. The van der Waals surface area contributed by atoms with Gasteiger partial charge in [-0.15, -0.1) is 11.3 Å². The second-order valence-corrected chi connectivity index (χ2v) is 8.41. The first-order valence-electron chi connectivity index (χ1n) is 9.33. The number of thiophene rings is 1. The van der Waals surface area contributed by atoms with Crippen molar-refractivity contribution in [2.24, 2.45) is 5.92 Å². The van der Waals surface area contributed by atoms with Gasteiger partial charge >= 0.3 is 0 Å². The molecule has 0 spiro atoms. The Morgan fingerprint density at radius 3 is 2.74 bits per heavy atom. The fourth-order valence-corrected chi connectivity index (χ4v) is 4.48. The summed E-state index contributed by atoms with van der Waals surface area (Å²) in [6.45, 7) is 5.45. The summed E-state index contributed by atoms with van der Waals surface area (Å²) in [6.07, 6.45) is 4.32. The lowest BCUT2D eigenvalue weighted by molar-refractivity contribution is 0.0739. The Labute approximate surface area is 163 Å². The molecular formula is C22H24N2O2S. The average Bonchev–Trinajstić information content (AvgIpc) is 3.44. The van der Waals surface area contributed by atoms with E-state index in [4.69, 9.17) is 4.74 Å². The number of methoxy groups -OCH3 is 1. The highest BCUT2D eigenvalue weighted by Crippen LogP contribution is 2.36. The maximum absolute atomic E-state index is 13.4. The number of benzene rings is 1. The van der Waals surface area contributed by atoms with E-state index in [1.807, 2.05) is 49.2 Å². The molecule has 2 heterocycles. The van der Waals surface area contributed by atoms with Gasteiger partial charge in [0.2, 0.25) is 0 Å². The van der Waals surface area contributed by atoms with Crippen LogP contribution in [-0.2, 0) is 6.54 Å². The van der Waals surface area contributed by atoms with E-state index in [-0.39, 0.29) is 5.91 Å². The van der Waals surface area contributed by atoms with Gasteiger partial charge in [0.05, 0.1) is 12.0 Å². The Kier molecular flexibility index (Phi) is 4.87. The van der Waals surface area contributed by atoms with Gasteiger partial charge in [0, 0.05) is 29.7 Å². The molecule has 4 nitrogen and oxygen atoms in total. The van der Waals surface area contributed by atoms with Gasteiger partial charge in [0.1, 0.15) is 5.75 Å². The monoisotopic (exact) mass is 380 g/mol. The molecule has 0 N–H and O–H groups in total. The number of nitrogens with zero attached hydrogens (tertiary/aromatic N) is 2. The third-order valence-electron chi connectivity index (χ3n) is 5.15. The van der Waals surface area contributed by atoms with Crippen molar-refractivity contribution in [3.63, 3.8) is 0 Å². The molecule has 1 aliphatic rings. The van der Waals surface area contributed by atoms with E-state index in [0.717, 1.165) is 44.1 Å². The highest BCUT2D eigenvalue weighted by Gasteiger charge is 2.29. The molecule has 5 heteroatoms. The third-order valence-corrected chi connectivity index (χ3v) is 6.41. The zero-order valence-corrected chi connectivity index (χ0v) is 16.8. The van der Waals surface area contributed by atoms with Crippen LogP contribution in [0.3, 0.4) is 0 Å². The topological polar surface area (TPSA) is 42.4 Å². The van der Waals surface area contributed by atoms with Crippen molar-refractivity contribution >= 4 is 27.3 Å². The summed E-state index contributed by atoms with van der Waals surface area (Å²) in [6, 6.07) is 10.1. The van der Waals surface area contributed by atoms with E-state index >= 15 is 0 Å². The van der Waals surface area contributed by atoms with Crippen molar-refractivity contribution in [3.8, 4) is 5.75 Å². The van der Waals surface area contributed by atoms with Crippen LogP contribution in [0.2, 0.25) is 0 Å². The Morgan fingerprint density at radius 1 is 1.26 bits per heavy atom. The van der Waals surface area contributed by atoms with Crippen molar-refractivity contribution < 1.29 is 9.53 Å². The van der Waals surface area contributed by atoms with Crippen LogP contribution in [0.15, 0.2) is 36.5 Å². The molecule has 0 aliphatic heterocycles. The van der Waals surface area contributed by atoms with E-state index in [9.17, 15) is 4.79 Å². The molecule has 1 aromatic carbocycles. The van der Waals surface area contributed by atoms with Crippen LogP contribution in [0, 0.1) is 19.8 Å². The summed E-state index contributed by atoms with van der Waals surface area (Å²) in [4.78, 5) is 20.6. The Morgan fingerprint density at radius 2 is 2.07 bits per heavy atom. The van der Waals surface area contributed by atoms with Crippen LogP contribution in [0.1, 0.15) is 39.3 Å². The summed E-state index contributed by atoms with van der Waals surface area (Å²) < 4.78 is 6.47. The molecule has 0 unspecified atom stereocenters. The zero-order valence-electron chi connectivity index (χ0n) is 16.0. The number of carbonyl (C=O) groups excluding carboxylic acids is 1. The number of aromatic nitrogens is 1. The van der Waals surface area contributed by atoms with Crippen LogP contribution in [-0.4, -0.2) is 29.4 Å². The number of hydrogen-bond donors (Lipinski definition) is 0. The van der Waals surface area contributed by atoms with Crippen LogP contribution < -0.4 is 4.74 Å². The van der Waals surface area contributed by atoms with Gasteiger partial charge in [-0.3, -0.25) is 9.78 Å². The molecule has 27 heavy (non-hydrogen) atoms. The number of aryl methyl sites for hydroxylation is 2. The lowest BCUT2D eigenvalue weighted by Gasteiger charge is -2.22. The minimum absolute atomic E-state index is 0.125. The summed E-state index contributed by atoms with van der Waals surface area (Å²) in [5.74, 6) is 1.59. The van der Waals surface area contributed by atoms with E-state index in [0.29, 0.717) is 12.5 Å². The van der Waals surface area contributed by atoms with Crippen LogP contribution in [0.4, 0.5) is 0 Å². The molecule has 140 valence electrons. The molecular weight excluding hydrogens is 356 g/mol. The Balaban J connectivity index is 1.65. The summed E-state index contributed by atoms with van der Waals surface area (Å²) in [7, 11) is 1.67. The first-order valence-corrected chi connectivity index (χ1v) is 10.1. The van der Waals surface area contributed by atoms with Gasteiger partial charge in [0.15, 0.2) is 0 Å². The highest BCUT2D eigenvalue weighted by atomic mass is 32.1. The molecule has 0 radical (unpaired) electrons. The normalized spacial score (nSPS) is 13.7. The molecule has 0 saturated heterocycles. The van der Waals surface area contributed by atoms with Crippen molar-refractivity contribution in [2.75, 3.05) is 13.7 Å². The van der Waals surface area contributed by atoms with Crippen LogP contribution in [0.5, 0.6) is 5.75 Å². The van der Waals surface area contributed by atoms with Crippen molar-refractivity contribution in [3.05, 3.63) is 58.2 Å². The van der Waals surface area contributed by atoms with E-state index in [1.54, 1.807) is 18.4 Å². The van der Waals surface area contributed by atoms with Gasteiger partial charge in [-0.25, -0.2) is 0 Å². The van der Waals surface area contributed by atoms with Crippen molar-refractivity contribution in [2.45, 2.75) is 33.2 Å². The number of pyridine rings is 1. The fourth-order valence-electron chi connectivity index (χ4n) is 3.32. The van der Waals surface area contributed by atoms with Gasteiger partial charge in [0.25, 0.3) is 5.91 Å². The second-order valence-electron chi connectivity index (χ2n) is 7.36. The maximum Gasteiger partial charge on any atom is 0.264 e. The third kappa shape index (κ3) is 3.83. The molecule has 1 fully saturated rings. The van der Waals surface area contributed by atoms with Crippen molar-refractivity contribution in [1.82, 2.24) is 9.88 Å². The number of hydrogen-bond acceptors (Lipinski definition) is 4. The van der Waals surface area contributed by atoms with Gasteiger partial charge < -0.3 is 9.64 Å². The Bertz CT molecular complexity index is 974. The lowest BCUT2D eigenvalue weighted by atomic mass is 10.1. The number of carbonyl (C=O) groups is 1. The first-order chi connectivity index (χ1) is 13.0. The quantitative estimate of drug-likeness (QED) is 0.606. The molecule has 1 saturated carbocycles. The van der Waals surface area contributed by atoms with Crippen LogP contribution >= 0.6 is 11.3 Å². The summed E-state index contributed by atoms with van der Waals surface area (Å²) in [5, 5.41) is 1.10. The van der Waals surface area contributed by atoms with Gasteiger partial charge in [-0.2, -0.15) is 0 Å². The second kappa shape index (κ2) is 7.31. The maximum atomic E-state index is 13.4. The smallest absolute Gasteiger partial charge is 0.264 e. The average molecular weight is 381 g/mol. The number of fused-ring (bicyclic) bond motifs is 1. The molecule has 3 aromatic rings. The predicted octanol–water partition coefficient (Wildman–Crippen LogP) is 4.97. The Hall–Kier alpha value is -2.40. The molecule has 1 amide bonds. The molecule has 0 bridgehead atoms. The van der Waals surface area contributed by atoms with E-state index in [2.05, 4.69) is 11.1 Å². The molecule has 4 rings (SSSR count). The number of ether oxygens (including phenoxy) is 1. The minimum atomic E-state index is 0.125. The SMILES string of the molecule is COc1ccc2sc(C(=O)N(Cc3ccc(C)nc3)CC3CC3)c(C)c2c1. The standard InChI is InChI=1S/C22H24N2O2S/c1-14-4-5-17(11-23-14)13-24(12-16-6-7-16)22(25)21-15(2)19-10-18(26-3)8-9-20(19)27-21/h4-5,8-11,16H,6-7,12-13H2,1-3H3.